The fourth-order valence-electron chi connectivity index (χ4n) is 4.88. The van der Waals surface area contributed by atoms with Gasteiger partial charge in [-0.3, -0.25) is 0 Å². The van der Waals surface area contributed by atoms with Crippen molar-refractivity contribution in [1.82, 2.24) is 0 Å². The molecule has 218 valence electrons. The Morgan fingerprint density at radius 2 is 1.50 bits per heavy atom. The first kappa shape index (κ1) is 30.4. The number of rotatable bonds is 9. The van der Waals surface area contributed by atoms with E-state index in [0.29, 0.717) is 19.0 Å². The van der Waals surface area contributed by atoms with Crippen molar-refractivity contribution < 1.29 is 20.1 Å². The van der Waals surface area contributed by atoms with Gasteiger partial charge >= 0.3 is 0 Å². The quantitative estimate of drug-likeness (QED) is 0.208. The van der Waals surface area contributed by atoms with Crippen LogP contribution in [0.3, 0.4) is 0 Å². The molecule has 0 atom stereocenters. The van der Waals surface area contributed by atoms with Gasteiger partial charge < -0.3 is 29.9 Å². The van der Waals surface area contributed by atoms with Crippen molar-refractivity contribution in [3.63, 3.8) is 0 Å². The first-order valence-corrected chi connectivity index (χ1v) is 14.2. The van der Waals surface area contributed by atoms with Crippen molar-refractivity contribution in [2.45, 2.75) is 26.9 Å². The number of aromatic hydroxyl groups is 1. The Labute approximate surface area is 249 Å². The van der Waals surface area contributed by atoms with E-state index in [1.165, 1.54) is 5.56 Å². The molecule has 0 radical (unpaired) electrons. The summed E-state index contributed by atoms with van der Waals surface area (Å²) in [5.41, 5.74) is 7.27. The number of aryl methyl sites for hydroxylation is 1. The summed E-state index contributed by atoms with van der Waals surface area (Å²) in [5.74, 6) is 1.29. The normalized spacial score (nSPS) is 12.5. The zero-order valence-electron chi connectivity index (χ0n) is 24.4. The van der Waals surface area contributed by atoms with E-state index in [1.54, 1.807) is 12.2 Å². The molecule has 0 amide bonds. The zero-order chi connectivity index (χ0) is 29.7. The lowest BCUT2D eigenvalue weighted by Crippen LogP contribution is -2.31. The van der Waals surface area contributed by atoms with Gasteiger partial charge in [-0.15, -0.1) is 0 Å². The van der Waals surface area contributed by atoms with E-state index in [2.05, 4.69) is 47.1 Å². The van der Waals surface area contributed by atoms with Crippen molar-refractivity contribution in [2.75, 3.05) is 36.3 Å². The third-order valence-electron chi connectivity index (χ3n) is 7.04. The fourth-order valence-corrected chi connectivity index (χ4v) is 4.88. The number of phenolic OH excluding ortho intramolecular Hbond substituents is 1. The minimum Gasteiger partial charge on any atom is -0.507 e. The predicted octanol–water partition coefficient (Wildman–Crippen LogP) is 6.78. The number of aliphatic hydroxyl groups excluding tert-OH is 2. The average Bonchev–Trinajstić information content (AvgIpc) is 3.04. The van der Waals surface area contributed by atoms with E-state index < -0.39 is 0 Å². The van der Waals surface area contributed by atoms with Gasteiger partial charge in [0, 0.05) is 42.1 Å². The number of para-hydroxylation sites is 2. The molecule has 0 aliphatic carbocycles. The lowest BCUT2D eigenvalue weighted by molar-refractivity contribution is 0.289. The number of ether oxygens (including phenoxy) is 1. The third-order valence-corrected chi connectivity index (χ3v) is 7.04. The van der Waals surface area contributed by atoms with Crippen molar-refractivity contribution in [3.05, 3.63) is 131 Å². The van der Waals surface area contributed by atoms with Gasteiger partial charge in [0.1, 0.15) is 11.5 Å². The maximum absolute atomic E-state index is 10.3. The first-order chi connectivity index (χ1) is 20.5. The summed E-state index contributed by atoms with van der Waals surface area (Å²) in [7, 11) is 0. The highest BCUT2D eigenvalue weighted by molar-refractivity contribution is 5.58. The van der Waals surface area contributed by atoms with Gasteiger partial charge in [0.15, 0.2) is 6.73 Å². The van der Waals surface area contributed by atoms with E-state index in [9.17, 15) is 5.11 Å². The van der Waals surface area contributed by atoms with Gasteiger partial charge in [0.05, 0.1) is 13.2 Å². The number of nitrogens with zero attached hydrogens (tertiary/aromatic N) is 2. The average molecular weight is 565 g/mol. The minimum atomic E-state index is 0.0142. The van der Waals surface area contributed by atoms with Crippen molar-refractivity contribution in [2.24, 2.45) is 0 Å². The lowest BCUT2D eigenvalue weighted by atomic mass is 10.0. The van der Waals surface area contributed by atoms with Crippen molar-refractivity contribution in [1.29, 1.82) is 0 Å². The maximum Gasteiger partial charge on any atom is 0.161 e. The summed E-state index contributed by atoms with van der Waals surface area (Å²) in [4.78, 5) is 4.41. The minimum absolute atomic E-state index is 0.0142. The van der Waals surface area contributed by atoms with Gasteiger partial charge in [0.2, 0.25) is 0 Å². The van der Waals surface area contributed by atoms with Gasteiger partial charge in [-0.05, 0) is 79.1 Å². The Kier molecular flexibility index (Phi) is 11.2. The fraction of sp³-hybridized carbons (Fsp3) is 0.222. The van der Waals surface area contributed by atoms with Gasteiger partial charge in [-0.1, -0.05) is 66.8 Å². The Morgan fingerprint density at radius 1 is 0.833 bits per heavy atom. The lowest BCUT2D eigenvalue weighted by Gasteiger charge is -2.31. The Morgan fingerprint density at radius 3 is 2.17 bits per heavy atom. The van der Waals surface area contributed by atoms with Crippen molar-refractivity contribution in [3.8, 4) is 11.5 Å². The summed E-state index contributed by atoms with van der Waals surface area (Å²) < 4.78 is 5.80. The standard InChI is InChI=1S/C19H23NO2.C17H17NO2/c1-3-20(18-9-5-4-6-10-18)14-17-13-16(8-7-11-21)12-15(2)19(17)22;19-10-4-5-14-8-9-17-15(11-14)12-18(13-20-17)16-6-2-1-3-7-16/h4-10,12-13,21-22H,3,11,14H2,1-2H3;1-9,11,19H,10,12-13H2/b8-7+;5-4+. The summed E-state index contributed by atoms with van der Waals surface area (Å²) in [5, 5.41) is 28.1. The van der Waals surface area contributed by atoms with Crippen LogP contribution < -0.4 is 14.5 Å². The smallest absolute Gasteiger partial charge is 0.161 e. The molecule has 6 heteroatoms. The molecule has 5 rings (SSSR count). The molecule has 4 aromatic carbocycles. The highest BCUT2D eigenvalue weighted by Gasteiger charge is 2.17. The summed E-state index contributed by atoms with van der Waals surface area (Å²) >= 11 is 0. The maximum atomic E-state index is 10.3. The van der Waals surface area contributed by atoms with Crippen LogP contribution in [0.5, 0.6) is 11.5 Å². The summed E-state index contributed by atoms with van der Waals surface area (Å²) in [6.07, 6.45) is 7.22. The molecule has 42 heavy (non-hydrogen) atoms. The number of anilines is 2. The van der Waals surface area contributed by atoms with E-state index >= 15 is 0 Å². The molecule has 0 bridgehead atoms. The number of phenols is 1. The van der Waals surface area contributed by atoms with Crippen molar-refractivity contribution >= 4 is 23.5 Å². The van der Waals surface area contributed by atoms with E-state index in [-0.39, 0.29) is 13.2 Å². The zero-order valence-corrected chi connectivity index (χ0v) is 24.4. The van der Waals surface area contributed by atoms with Crippen LogP contribution in [0.4, 0.5) is 11.4 Å². The molecular weight excluding hydrogens is 524 g/mol. The van der Waals surface area contributed by atoms with Crippen LogP contribution in [0, 0.1) is 6.92 Å². The van der Waals surface area contributed by atoms with E-state index in [0.717, 1.165) is 52.5 Å². The summed E-state index contributed by atoms with van der Waals surface area (Å²) in [6, 6.07) is 30.4. The molecule has 6 nitrogen and oxygen atoms in total. The van der Waals surface area contributed by atoms with Crippen LogP contribution >= 0.6 is 0 Å². The molecule has 0 unspecified atom stereocenters. The molecular formula is C36H40N2O4. The van der Waals surface area contributed by atoms with Crippen LogP contribution in [0.1, 0.15) is 34.7 Å². The van der Waals surface area contributed by atoms with E-state index in [1.807, 2.05) is 79.7 Å². The molecule has 0 saturated carbocycles. The largest absolute Gasteiger partial charge is 0.507 e. The SMILES string of the molecule is CCN(Cc1cc(/C=C/CO)cc(C)c1O)c1ccccc1.OC/C=C/c1ccc2c(c1)CN(c1ccccc1)CO2. The van der Waals surface area contributed by atoms with Crippen LogP contribution in [0.2, 0.25) is 0 Å². The van der Waals surface area contributed by atoms with Gasteiger partial charge in [-0.2, -0.15) is 0 Å². The molecule has 0 saturated heterocycles. The Balaban J connectivity index is 0.000000193. The molecule has 1 heterocycles. The number of benzene rings is 4. The topological polar surface area (TPSA) is 76.4 Å². The number of hydrogen-bond donors (Lipinski definition) is 3. The molecule has 4 aromatic rings. The second-order valence-corrected chi connectivity index (χ2v) is 10.0. The summed E-state index contributed by atoms with van der Waals surface area (Å²) in [6.45, 7) is 6.99. The second kappa shape index (κ2) is 15.5. The number of hydrogen-bond acceptors (Lipinski definition) is 6. The monoisotopic (exact) mass is 564 g/mol. The van der Waals surface area contributed by atoms with Gasteiger partial charge in [0.25, 0.3) is 0 Å². The van der Waals surface area contributed by atoms with Crippen LogP contribution in [0.15, 0.2) is 103 Å². The highest BCUT2D eigenvalue weighted by atomic mass is 16.5. The van der Waals surface area contributed by atoms with Crippen LogP contribution in [-0.2, 0) is 13.1 Å². The first-order valence-electron chi connectivity index (χ1n) is 14.2. The molecule has 3 N–H and O–H groups in total. The Bertz CT molecular complexity index is 1470. The molecule has 1 aliphatic heterocycles. The second-order valence-electron chi connectivity index (χ2n) is 10.0. The number of fused-ring (bicyclic) bond motifs is 1. The molecule has 1 aliphatic rings. The molecule has 0 spiro atoms. The van der Waals surface area contributed by atoms with Gasteiger partial charge in [-0.25, -0.2) is 0 Å². The highest BCUT2D eigenvalue weighted by Crippen LogP contribution is 2.30. The molecule has 0 aromatic heterocycles. The number of aliphatic hydroxyl groups is 2. The van der Waals surface area contributed by atoms with Crippen LogP contribution in [-0.4, -0.2) is 41.8 Å². The van der Waals surface area contributed by atoms with E-state index in [4.69, 9.17) is 14.9 Å². The Hall–Kier alpha value is -4.52. The third kappa shape index (κ3) is 8.26. The van der Waals surface area contributed by atoms with Crippen LogP contribution in [0.25, 0.3) is 12.2 Å². The molecule has 0 fully saturated rings. The predicted molar refractivity (Wildman–Crippen MR) is 173 cm³/mol.